The van der Waals surface area contributed by atoms with Crippen molar-refractivity contribution in [3.63, 3.8) is 0 Å². The highest BCUT2D eigenvalue weighted by Gasteiger charge is 2.35. The number of hydrogen-bond donors (Lipinski definition) is 0. The molecule has 1 heterocycles. The molecule has 0 unspecified atom stereocenters. The number of carbonyl (C=O) groups excluding carboxylic acids is 3. The smallest absolute Gasteiger partial charge is 0.220 e. The first-order valence-electron chi connectivity index (χ1n) is 10.6. The van der Waals surface area contributed by atoms with Crippen molar-refractivity contribution in [3.05, 3.63) is 71.0 Å². The van der Waals surface area contributed by atoms with Crippen LogP contribution in [0.15, 0.2) is 53.5 Å². The number of nitrogens with zero attached hydrogens (tertiary/aromatic N) is 2. The van der Waals surface area contributed by atoms with Crippen molar-refractivity contribution in [2.75, 3.05) is 13.1 Å². The first-order chi connectivity index (χ1) is 14.9. The van der Waals surface area contributed by atoms with Crippen molar-refractivity contribution in [1.82, 2.24) is 4.90 Å². The molecule has 0 N–H and O–H groups in total. The van der Waals surface area contributed by atoms with Crippen LogP contribution in [-0.2, 0) is 20.8 Å². The van der Waals surface area contributed by atoms with Gasteiger partial charge >= 0.3 is 0 Å². The fourth-order valence-electron chi connectivity index (χ4n) is 4.62. The molecule has 1 aliphatic heterocycles. The zero-order valence-electron chi connectivity index (χ0n) is 17.5. The number of rotatable bonds is 4. The summed E-state index contributed by atoms with van der Waals surface area (Å²) in [5.74, 6) is -1.75. The maximum absolute atomic E-state index is 13.2. The predicted octanol–water partition coefficient (Wildman–Crippen LogP) is 3.67. The molecule has 0 aromatic heterocycles. The molecule has 2 aromatic rings. The summed E-state index contributed by atoms with van der Waals surface area (Å²) in [4.78, 5) is 43.7. The van der Waals surface area contributed by atoms with E-state index in [2.05, 4.69) is 11.1 Å². The Morgan fingerprint density at radius 2 is 1.77 bits per heavy atom. The van der Waals surface area contributed by atoms with Crippen LogP contribution >= 0.6 is 0 Å². The molecule has 31 heavy (non-hydrogen) atoms. The number of benzene rings is 2. The van der Waals surface area contributed by atoms with Gasteiger partial charge in [0.2, 0.25) is 5.91 Å². The van der Waals surface area contributed by atoms with Gasteiger partial charge in [0.05, 0.1) is 12.6 Å². The van der Waals surface area contributed by atoms with Crippen LogP contribution in [0.5, 0.6) is 0 Å². The number of amides is 1. The first-order valence-corrected chi connectivity index (χ1v) is 10.6. The van der Waals surface area contributed by atoms with E-state index in [0.717, 1.165) is 17.5 Å². The van der Waals surface area contributed by atoms with E-state index in [1.54, 1.807) is 24.0 Å². The fraction of sp³-hybridized carbons (Fsp3) is 0.360. The zero-order valence-corrected chi connectivity index (χ0v) is 17.5. The van der Waals surface area contributed by atoms with Crippen LogP contribution in [0.1, 0.15) is 48.4 Å². The van der Waals surface area contributed by atoms with Crippen LogP contribution in [0.4, 0.5) is 4.39 Å². The van der Waals surface area contributed by atoms with Gasteiger partial charge in [0, 0.05) is 32.5 Å². The van der Waals surface area contributed by atoms with Gasteiger partial charge in [-0.2, -0.15) is 0 Å². The number of halogens is 1. The van der Waals surface area contributed by atoms with Gasteiger partial charge in [-0.15, -0.1) is 0 Å². The van der Waals surface area contributed by atoms with E-state index >= 15 is 0 Å². The minimum atomic E-state index is -0.846. The number of aliphatic imine (C=N–C) groups is 1. The molecule has 1 saturated carbocycles. The molecular formula is C25H25FN2O3. The molecule has 160 valence electrons. The molecule has 4 rings (SSSR count). The zero-order chi connectivity index (χ0) is 22.0. The van der Waals surface area contributed by atoms with E-state index in [1.165, 1.54) is 23.9 Å². The Kier molecular flexibility index (Phi) is 6.07. The maximum atomic E-state index is 13.2. The number of fused-ring (bicyclic) bond motifs is 1. The fourth-order valence-corrected chi connectivity index (χ4v) is 4.62. The molecule has 2 aliphatic rings. The molecule has 6 heteroatoms. The summed E-state index contributed by atoms with van der Waals surface area (Å²) >= 11 is 0. The summed E-state index contributed by atoms with van der Waals surface area (Å²) in [6, 6.07) is 13.8. The van der Waals surface area contributed by atoms with E-state index in [4.69, 9.17) is 0 Å². The Hall–Kier alpha value is -3.15. The molecule has 0 saturated heterocycles. The second kappa shape index (κ2) is 8.92. The van der Waals surface area contributed by atoms with Crippen LogP contribution in [0.3, 0.4) is 0 Å². The molecule has 1 amide bonds. The third-order valence-corrected chi connectivity index (χ3v) is 6.28. The van der Waals surface area contributed by atoms with Crippen molar-refractivity contribution in [3.8, 4) is 0 Å². The molecule has 0 bridgehead atoms. The van der Waals surface area contributed by atoms with Crippen molar-refractivity contribution in [2.24, 2.45) is 10.9 Å². The summed E-state index contributed by atoms with van der Waals surface area (Å²) in [6.07, 6.45) is 2.74. The lowest BCUT2D eigenvalue weighted by Gasteiger charge is -2.36. The summed E-state index contributed by atoms with van der Waals surface area (Å²) in [6.45, 7) is 2.50. The molecule has 2 aromatic carbocycles. The average Bonchev–Trinajstić information content (AvgIpc) is 2.75. The monoisotopic (exact) mass is 420 g/mol. The Balaban J connectivity index is 1.46. The van der Waals surface area contributed by atoms with Crippen molar-refractivity contribution < 1.29 is 18.8 Å². The summed E-state index contributed by atoms with van der Waals surface area (Å²) < 4.78 is 13.2. The van der Waals surface area contributed by atoms with E-state index < -0.39 is 5.92 Å². The van der Waals surface area contributed by atoms with E-state index in [1.807, 2.05) is 18.2 Å². The first kappa shape index (κ1) is 21.1. The average molecular weight is 420 g/mol. The van der Waals surface area contributed by atoms with Gasteiger partial charge in [-0.1, -0.05) is 36.4 Å². The van der Waals surface area contributed by atoms with Crippen LogP contribution in [0, 0.1) is 11.7 Å². The Bertz CT molecular complexity index is 1010. The van der Waals surface area contributed by atoms with Crippen molar-refractivity contribution in [1.29, 1.82) is 0 Å². The second-order valence-electron chi connectivity index (χ2n) is 8.26. The molecule has 0 radical (unpaired) electrons. The number of Topliss-reactive ketones (excluding diaryl/α,β-unsaturated/α-hetero) is 2. The van der Waals surface area contributed by atoms with Crippen LogP contribution < -0.4 is 0 Å². The highest BCUT2D eigenvalue weighted by Crippen LogP contribution is 2.32. The van der Waals surface area contributed by atoms with Gasteiger partial charge in [-0.25, -0.2) is 4.39 Å². The van der Waals surface area contributed by atoms with Crippen molar-refractivity contribution in [2.45, 2.75) is 38.1 Å². The molecule has 5 nitrogen and oxygen atoms in total. The van der Waals surface area contributed by atoms with Gasteiger partial charge in [0.1, 0.15) is 23.3 Å². The van der Waals surface area contributed by atoms with Crippen molar-refractivity contribution >= 4 is 23.7 Å². The third kappa shape index (κ3) is 4.48. The molecule has 1 fully saturated rings. The highest BCUT2D eigenvalue weighted by atomic mass is 19.1. The lowest BCUT2D eigenvalue weighted by molar-refractivity contribution is -0.133. The predicted molar refractivity (Wildman–Crippen MR) is 116 cm³/mol. The standard InChI is InChI=1S/C25H25FN2O3/c1-16(29)28-11-10-18-4-2-3-5-21(18)23(28)15-27-14-22-24(30)12-19(13-25(22)31)17-6-8-20(26)9-7-17/h2-9,14,19,22-23H,10-13,15H2,1H3/t19?,22?,23-/m0/s1. The van der Waals surface area contributed by atoms with E-state index in [-0.39, 0.29) is 48.1 Å². The SMILES string of the molecule is CC(=O)N1CCc2ccccc2[C@@H]1CN=CC1C(=O)CC(c2ccc(F)cc2)CC1=O. The van der Waals surface area contributed by atoms with Gasteiger partial charge in [-0.05, 0) is 41.2 Å². The minimum absolute atomic E-state index is 0.0124. The Morgan fingerprint density at radius 3 is 2.45 bits per heavy atom. The van der Waals surface area contributed by atoms with Crippen LogP contribution in [-0.4, -0.2) is 41.7 Å². The second-order valence-corrected chi connectivity index (χ2v) is 8.26. The summed E-state index contributed by atoms with van der Waals surface area (Å²) in [5.41, 5.74) is 3.07. The Morgan fingerprint density at radius 1 is 1.10 bits per heavy atom. The van der Waals surface area contributed by atoms with Crippen LogP contribution in [0.2, 0.25) is 0 Å². The molecular weight excluding hydrogens is 395 g/mol. The number of ketones is 2. The lowest BCUT2D eigenvalue weighted by Crippen LogP contribution is -2.40. The molecule has 1 atom stereocenters. The normalized spacial score (nSPS) is 23.8. The van der Waals surface area contributed by atoms with Gasteiger partial charge in [0.15, 0.2) is 0 Å². The quantitative estimate of drug-likeness (QED) is 0.560. The van der Waals surface area contributed by atoms with E-state index in [0.29, 0.717) is 13.1 Å². The summed E-state index contributed by atoms with van der Waals surface area (Å²) in [5, 5.41) is 0. The van der Waals surface area contributed by atoms with Gasteiger partial charge < -0.3 is 4.90 Å². The maximum Gasteiger partial charge on any atom is 0.220 e. The Labute approximate surface area is 181 Å². The molecule has 1 aliphatic carbocycles. The van der Waals surface area contributed by atoms with Crippen LogP contribution in [0.25, 0.3) is 0 Å². The largest absolute Gasteiger partial charge is 0.334 e. The van der Waals surface area contributed by atoms with E-state index in [9.17, 15) is 18.8 Å². The topological polar surface area (TPSA) is 66.8 Å². The highest BCUT2D eigenvalue weighted by molar-refractivity contribution is 6.16. The molecule has 0 spiro atoms. The van der Waals surface area contributed by atoms with Gasteiger partial charge in [-0.3, -0.25) is 19.4 Å². The summed E-state index contributed by atoms with van der Waals surface area (Å²) in [7, 11) is 0. The lowest BCUT2D eigenvalue weighted by atomic mass is 9.77. The number of hydrogen-bond acceptors (Lipinski definition) is 4. The number of carbonyl (C=O) groups is 3. The third-order valence-electron chi connectivity index (χ3n) is 6.28. The minimum Gasteiger partial charge on any atom is -0.334 e. The van der Waals surface area contributed by atoms with Gasteiger partial charge in [0.25, 0.3) is 0 Å².